The molecule has 0 bridgehead atoms. The lowest BCUT2D eigenvalue weighted by Gasteiger charge is -2.31. The van der Waals surface area contributed by atoms with E-state index in [9.17, 15) is 22.8 Å². The number of nitrogens with zero attached hydrogens (tertiary/aromatic N) is 1. The van der Waals surface area contributed by atoms with Crippen molar-refractivity contribution in [2.75, 3.05) is 32.7 Å². The van der Waals surface area contributed by atoms with Crippen LogP contribution in [0, 0.1) is 5.92 Å². The Morgan fingerprint density at radius 2 is 1.86 bits per heavy atom. The number of rotatable bonds is 9. The summed E-state index contributed by atoms with van der Waals surface area (Å²) >= 11 is 1.74. The summed E-state index contributed by atoms with van der Waals surface area (Å²) in [5.41, 5.74) is 2.20. The first kappa shape index (κ1) is 31.2. The Balaban J connectivity index is 1.28. The molecule has 11 heteroatoms. The van der Waals surface area contributed by atoms with Crippen molar-refractivity contribution in [3.05, 3.63) is 76.2 Å². The zero-order valence-corrected chi connectivity index (χ0v) is 25.0. The first-order valence-electron chi connectivity index (χ1n) is 14.7. The van der Waals surface area contributed by atoms with Crippen molar-refractivity contribution in [2.24, 2.45) is 5.92 Å². The summed E-state index contributed by atoms with van der Waals surface area (Å²) in [6, 6.07) is 17.2. The van der Waals surface area contributed by atoms with Crippen LogP contribution in [0.2, 0.25) is 0 Å². The number of halogens is 3. The topological polar surface area (TPSA) is 82.7 Å². The molecule has 7 nitrogen and oxygen atoms in total. The number of ether oxygens (including phenoxy) is 1. The van der Waals surface area contributed by atoms with Gasteiger partial charge in [-0.1, -0.05) is 30.3 Å². The molecule has 2 saturated heterocycles. The Kier molecular flexibility index (Phi) is 10.2. The molecule has 5 rings (SSSR count). The maximum absolute atomic E-state index is 13.3. The van der Waals surface area contributed by atoms with Gasteiger partial charge in [0, 0.05) is 48.5 Å². The van der Waals surface area contributed by atoms with Gasteiger partial charge in [0.25, 0.3) is 5.91 Å². The van der Waals surface area contributed by atoms with Crippen LogP contribution in [0.4, 0.5) is 13.2 Å². The van der Waals surface area contributed by atoms with Gasteiger partial charge in [-0.3, -0.25) is 9.69 Å². The maximum atomic E-state index is 13.3. The zero-order chi connectivity index (χ0) is 30.4. The average Bonchev–Trinajstić information content (AvgIpc) is 3.45. The summed E-state index contributed by atoms with van der Waals surface area (Å²) in [5, 5.41) is 9.54. The van der Waals surface area contributed by atoms with Crippen molar-refractivity contribution in [2.45, 2.75) is 51.5 Å². The molecule has 1 atom stereocenters. The predicted octanol–water partition coefficient (Wildman–Crippen LogP) is 5.15. The maximum Gasteiger partial charge on any atom is 0.491 e. The van der Waals surface area contributed by atoms with Crippen molar-refractivity contribution in [1.29, 1.82) is 0 Å². The van der Waals surface area contributed by atoms with Crippen LogP contribution < -0.4 is 20.7 Å². The second-order valence-electron chi connectivity index (χ2n) is 11.3. The van der Waals surface area contributed by atoms with Gasteiger partial charge in [0.1, 0.15) is 5.75 Å². The summed E-state index contributed by atoms with van der Waals surface area (Å²) in [4.78, 5) is 30.0. The lowest BCUT2D eigenvalue weighted by Crippen LogP contribution is -2.48. The van der Waals surface area contributed by atoms with Gasteiger partial charge in [-0.05, 0) is 86.1 Å². The van der Waals surface area contributed by atoms with Gasteiger partial charge >= 0.3 is 12.1 Å². The van der Waals surface area contributed by atoms with Crippen molar-refractivity contribution >= 4 is 23.2 Å². The molecule has 3 heterocycles. The van der Waals surface area contributed by atoms with Crippen molar-refractivity contribution < 1.29 is 27.5 Å². The highest BCUT2D eigenvalue weighted by Gasteiger charge is 2.42. The van der Waals surface area contributed by atoms with E-state index < -0.39 is 18.1 Å². The number of amides is 1. The molecule has 3 aromatic rings. The number of hydrogen-bond acceptors (Lipinski definition) is 7. The molecule has 230 valence electrons. The minimum Gasteiger partial charge on any atom is -0.419 e. The molecule has 2 aliphatic rings. The van der Waals surface area contributed by atoms with Crippen LogP contribution in [0.15, 0.2) is 54.6 Å². The monoisotopic (exact) mass is 614 g/mol. The number of benzene rings is 2. The molecule has 2 fully saturated rings. The van der Waals surface area contributed by atoms with Crippen LogP contribution in [0.5, 0.6) is 5.75 Å². The van der Waals surface area contributed by atoms with E-state index >= 15 is 0 Å². The lowest BCUT2D eigenvalue weighted by molar-refractivity contribution is -0.189. The Morgan fingerprint density at radius 3 is 2.63 bits per heavy atom. The van der Waals surface area contributed by atoms with E-state index in [4.69, 9.17) is 4.74 Å². The van der Waals surface area contributed by atoms with E-state index in [1.807, 2.05) is 24.3 Å². The molecule has 1 aromatic heterocycles. The normalized spacial score (nSPS) is 18.4. The second-order valence-corrected chi connectivity index (χ2v) is 12.5. The molecular weight excluding hydrogens is 577 g/mol. The predicted molar refractivity (Wildman–Crippen MR) is 161 cm³/mol. The molecule has 2 aromatic carbocycles. The van der Waals surface area contributed by atoms with Gasteiger partial charge in [-0.15, -0.1) is 11.3 Å². The van der Waals surface area contributed by atoms with Gasteiger partial charge in [0.05, 0.1) is 5.56 Å². The summed E-state index contributed by atoms with van der Waals surface area (Å²) in [7, 11) is 0. The highest BCUT2D eigenvalue weighted by atomic mass is 32.1. The number of carbonyl (C=O) groups excluding carboxylic acids is 2. The SMILES string of the molecule is C[C@H]1CN(Cc2ccc(-c3cccc(CNC(=O)c4cccc(CC5CCNCC5)c4OC(=O)C(F)(F)F)c3)s2)CCN1. The third-order valence-electron chi connectivity index (χ3n) is 7.89. The molecule has 3 N–H and O–H groups in total. The van der Waals surface area contributed by atoms with E-state index in [-0.39, 0.29) is 23.8 Å². The first-order chi connectivity index (χ1) is 20.7. The number of piperazine rings is 1. The minimum absolute atomic E-state index is 0.0923. The third-order valence-corrected chi connectivity index (χ3v) is 9.01. The molecule has 0 unspecified atom stereocenters. The van der Waals surface area contributed by atoms with Crippen LogP contribution in [0.25, 0.3) is 10.4 Å². The molecule has 2 aliphatic heterocycles. The summed E-state index contributed by atoms with van der Waals surface area (Å²) < 4.78 is 44.3. The Morgan fingerprint density at radius 1 is 1.07 bits per heavy atom. The van der Waals surface area contributed by atoms with Crippen LogP contribution in [0.3, 0.4) is 0 Å². The molecule has 1 amide bonds. The number of nitrogens with one attached hydrogen (secondary N) is 3. The minimum atomic E-state index is -5.18. The van der Waals surface area contributed by atoms with Gasteiger partial charge in [0.15, 0.2) is 0 Å². The van der Waals surface area contributed by atoms with Crippen LogP contribution in [-0.2, 0) is 24.3 Å². The zero-order valence-electron chi connectivity index (χ0n) is 24.1. The van der Waals surface area contributed by atoms with E-state index in [1.165, 1.54) is 10.9 Å². The van der Waals surface area contributed by atoms with E-state index in [2.05, 4.69) is 39.9 Å². The molecule has 0 aliphatic carbocycles. The number of alkyl halides is 3. The average molecular weight is 615 g/mol. The van der Waals surface area contributed by atoms with Gasteiger partial charge < -0.3 is 20.7 Å². The number of hydrogen-bond donors (Lipinski definition) is 3. The van der Waals surface area contributed by atoms with E-state index in [0.717, 1.165) is 68.1 Å². The van der Waals surface area contributed by atoms with Gasteiger partial charge in [-0.2, -0.15) is 13.2 Å². The first-order valence-corrected chi connectivity index (χ1v) is 15.5. The highest BCUT2D eigenvalue weighted by molar-refractivity contribution is 7.15. The van der Waals surface area contributed by atoms with Gasteiger partial charge in [0.2, 0.25) is 0 Å². The van der Waals surface area contributed by atoms with Crippen molar-refractivity contribution in [3.8, 4) is 16.2 Å². The fourth-order valence-corrected chi connectivity index (χ4v) is 6.75. The second kappa shape index (κ2) is 14.0. The van der Waals surface area contributed by atoms with E-state index in [0.29, 0.717) is 18.0 Å². The smallest absolute Gasteiger partial charge is 0.419 e. The summed E-state index contributed by atoms with van der Waals surface area (Å²) in [5.74, 6) is -3.05. The number of thiophene rings is 1. The quantitative estimate of drug-likeness (QED) is 0.229. The molecule has 0 saturated carbocycles. The number of piperidine rings is 1. The van der Waals surface area contributed by atoms with E-state index in [1.54, 1.807) is 23.5 Å². The number of esters is 1. The molecular formula is C32H37F3N4O3S. The van der Waals surface area contributed by atoms with Crippen LogP contribution in [-0.4, -0.2) is 61.7 Å². The van der Waals surface area contributed by atoms with Crippen LogP contribution in [0.1, 0.15) is 46.1 Å². The fourth-order valence-electron chi connectivity index (χ4n) is 5.70. The fraction of sp³-hybridized carbons (Fsp3) is 0.438. The largest absolute Gasteiger partial charge is 0.491 e. The lowest BCUT2D eigenvalue weighted by atomic mass is 9.90. The van der Waals surface area contributed by atoms with Crippen LogP contribution >= 0.6 is 11.3 Å². The molecule has 43 heavy (non-hydrogen) atoms. The highest BCUT2D eigenvalue weighted by Crippen LogP contribution is 2.32. The Hall–Kier alpha value is -3.25. The molecule has 0 radical (unpaired) electrons. The Labute approximate surface area is 253 Å². The van der Waals surface area contributed by atoms with Crippen molar-refractivity contribution in [1.82, 2.24) is 20.9 Å². The Bertz CT molecular complexity index is 1420. The van der Waals surface area contributed by atoms with Gasteiger partial charge in [-0.25, -0.2) is 4.79 Å². The molecule has 0 spiro atoms. The third kappa shape index (κ3) is 8.44. The van der Waals surface area contributed by atoms with Crippen molar-refractivity contribution in [3.63, 3.8) is 0 Å². The summed E-state index contributed by atoms with van der Waals surface area (Å²) in [6.07, 6.45) is -3.07. The summed E-state index contributed by atoms with van der Waals surface area (Å²) in [6.45, 7) is 7.90. The number of para-hydroxylation sites is 1. The number of carbonyl (C=O) groups is 2. The standard InChI is InChI=1S/C32H37F3N4O3S/c1-21-19-39(15-14-37-21)20-26-8-9-28(43-26)24-5-2-4-23(17-24)18-38-30(40)27-7-3-6-25(16-22-10-12-36-13-11-22)29(27)42-31(41)32(33,34)35/h2-9,17,21-22,36-37H,10-16,18-20H2,1H3,(H,38,40)/t21-/m0/s1.